The molecule has 1 aliphatic rings. The number of hydrazine groups is 1. The van der Waals surface area contributed by atoms with Crippen molar-refractivity contribution in [3.05, 3.63) is 47.1 Å². The van der Waals surface area contributed by atoms with Gasteiger partial charge in [-0.25, -0.2) is 4.98 Å². The molecule has 12 heteroatoms. The molecule has 33 heavy (non-hydrogen) atoms. The third-order valence-electron chi connectivity index (χ3n) is 4.83. The summed E-state index contributed by atoms with van der Waals surface area (Å²) in [7, 11) is 1.83. The second-order valence-corrected chi connectivity index (χ2v) is 7.60. The Kier molecular flexibility index (Phi) is 7.65. The van der Waals surface area contributed by atoms with E-state index < -0.39 is 12.1 Å². The molecule has 0 bridgehead atoms. The lowest BCUT2D eigenvalue weighted by Gasteiger charge is -2.31. The van der Waals surface area contributed by atoms with Gasteiger partial charge in [-0.1, -0.05) is 17.7 Å². The van der Waals surface area contributed by atoms with Crippen molar-refractivity contribution in [1.82, 2.24) is 14.9 Å². The lowest BCUT2D eigenvalue weighted by molar-refractivity contribution is -0.274. The predicted octanol–water partition coefficient (Wildman–Crippen LogP) is 4.22. The molecule has 2 aromatic rings. The number of aromatic nitrogens is 1. The van der Waals surface area contributed by atoms with Gasteiger partial charge in [0.1, 0.15) is 18.0 Å². The number of para-hydroxylation sites is 1. The van der Waals surface area contributed by atoms with E-state index in [1.54, 1.807) is 41.4 Å². The number of nitrogens with zero attached hydrogens (tertiary/aromatic N) is 5. The van der Waals surface area contributed by atoms with Gasteiger partial charge in [-0.3, -0.25) is 4.79 Å². The van der Waals surface area contributed by atoms with Crippen molar-refractivity contribution >= 4 is 29.4 Å². The monoisotopic (exact) mass is 485 g/mol. The van der Waals surface area contributed by atoms with Gasteiger partial charge < -0.3 is 14.4 Å². The van der Waals surface area contributed by atoms with Gasteiger partial charge in [0.25, 0.3) is 5.91 Å². The molecule has 0 unspecified atom stereocenters. The molecule has 3 rings (SSSR count). The maximum atomic E-state index is 13.4. The summed E-state index contributed by atoms with van der Waals surface area (Å²) in [6.07, 6.45) is -2.17. The lowest BCUT2D eigenvalue weighted by Crippen LogP contribution is -2.42. The molecular formula is C21H23ClF3N5O3. The van der Waals surface area contributed by atoms with Crippen LogP contribution < -0.4 is 14.6 Å². The van der Waals surface area contributed by atoms with Crippen LogP contribution >= 0.6 is 11.6 Å². The zero-order valence-electron chi connectivity index (χ0n) is 18.2. The number of amides is 1. The number of carbonyl (C=O) groups excluding carboxylic acids is 1. The number of ether oxygens (including phenoxy) is 2. The molecule has 0 aliphatic carbocycles. The maximum Gasteiger partial charge on any atom is 0.573 e. The van der Waals surface area contributed by atoms with Crippen molar-refractivity contribution in [2.45, 2.75) is 26.3 Å². The second-order valence-electron chi connectivity index (χ2n) is 7.19. The minimum absolute atomic E-state index is 0.0731. The topological polar surface area (TPSA) is 70.5 Å². The average Bonchev–Trinajstić information content (AvgIpc) is 3.17. The normalized spacial score (nSPS) is 14.9. The molecule has 1 atom stereocenters. The first kappa shape index (κ1) is 24.6. The summed E-state index contributed by atoms with van der Waals surface area (Å²) in [6.45, 7) is 4.68. The van der Waals surface area contributed by atoms with E-state index in [2.05, 4.69) is 14.8 Å². The fourth-order valence-corrected chi connectivity index (χ4v) is 3.52. The van der Waals surface area contributed by atoms with Crippen molar-refractivity contribution in [3.8, 4) is 11.6 Å². The summed E-state index contributed by atoms with van der Waals surface area (Å²) in [4.78, 5) is 18.8. The van der Waals surface area contributed by atoms with Crippen LogP contribution in [-0.2, 0) is 0 Å². The van der Waals surface area contributed by atoms with Gasteiger partial charge in [0.15, 0.2) is 0 Å². The standard InChI is InChI=1S/C21H23ClF3N5O3/c1-4-29(14(2)13-32-18-9-8-15(12-26-18)33-21(23,24)25)20(31)16-6-5-7-17(22)19(16)30-27-10-11-28(30)3/h5-10,12,14H,4,11,13H2,1-3H3/t14-/m0/s1. The summed E-state index contributed by atoms with van der Waals surface area (Å²) in [6, 6.07) is 7.07. The zero-order chi connectivity index (χ0) is 24.2. The number of anilines is 1. The highest BCUT2D eigenvalue weighted by atomic mass is 35.5. The number of hydrogen-bond acceptors (Lipinski definition) is 7. The Labute approximate surface area is 194 Å². The van der Waals surface area contributed by atoms with E-state index >= 15 is 0 Å². The maximum absolute atomic E-state index is 13.4. The number of hydrazone groups is 1. The number of hydrogen-bond donors (Lipinski definition) is 0. The highest BCUT2D eigenvalue weighted by Gasteiger charge is 2.31. The van der Waals surface area contributed by atoms with E-state index in [1.807, 2.05) is 19.0 Å². The Bertz CT molecular complexity index is 1000. The van der Waals surface area contributed by atoms with Gasteiger partial charge in [-0.15, -0.1) is 13.2 Å². The average molecular weight is 486 g/mol. The van der Waals surface area contributed by atoms with Crippen molar-refractivity contribution in [1.29, 1.82) is 0 Å². The van der Waals surface area contributed by atoms with Gasteiger partial charge >= 0.3 is 6.36 Å². The number of rotatable bonds is 8. The minimum atomic E-state index is -4.80. The van der Waals surface area contributed by atoms with Crippen LogP contribution in [-0.4, -0.2) is 66.2 Å². The smallest absolute Gasteiger partial charge is 0.475 e. The fourth-order valence-electron chi connectivity index (χ4n) is 3.27. The minimum Gasteiger partial charge on any atom is -0.475 e. The fraction of sp³-hybridized carbons (Fsp3) is 0.381. The Morgan fingerprint density at radius 2 is 2.06 bits per heavy atom. The Balaban J connectivity index is 1.71. The number of benzene rings is 1. The molecule has 0 spiro atoms. The summed E-state index contributed by atoms with van der Waals surface area (Å²) in [5.41, 5.74) is 0.864. The highest BCUT2D eigenvalue weighted by molar-refractivity contribution is 6.34. The van der Waals surface area contributed by atoms with Crippen LogP contribution in [0.2, 0.25) is 5.02 Å². The summed E-state index contributed by atoms with van der Waals surface area (Å²) >= 11 is 6.41. The third kappa shape index (κ3) is 6.05. The molecule has 0 radical (unpaired) electrons. The van der Waals surface area contributed by atoms with Crippen molar-refractivity contribution in [2.75, 3.05) is 31.9 Å². The highest BCUT2D eigenvalue weighted by Crippen LogP contribution is 2.33. The van der Waals surface area contributed by atoms with Crippen LogP contribution in [0.1, 0.15) is 24.2 Å². The van der Waals surface area contributed by atoms with Crippen molar-refractivity contribution < 1.29 is 27.4 Å². The van der Waals surface area contributed by atoms with E-state index in [1.165, 1.54) is 6.07 Å². The largest absolute Gasteiger partial charge is 0.573 e. The van der Waals surface area contributed by atoms with Gasteiger partial charge in [-0.05, 0) is 32.0 Å². The number of likely N-dealkylation sites (N-methyl/N-ethyl adjacent to an activating group) is 1. The molecule has 0 fully saturated rings. The van der Waals surface area contributed by atoms with E-state index in [0.29, 0.717) is 29.4 Å². The van der Waals surface area contributed by atoms with Gasteiger partial charge in [0.2, 0.25) is 5.88 Å². The first-order chi connectivity index (χ1) is 15.6. The Morgan fingerprint density at radius 3 is 2.64 bits per heavy atom. The number of carbonyl (C=O) groups is 1. The molecule has 1 aromatic heterocycles. The van der Waals surface area contributed by atoms with Crippen molar-refractivity contribution in [3.63, 3.8) is 0 Å². The first-order valence-electron chi connectivity index (χ1n) is 10.1. The molecule has 1 aromatic carbocycles. The summed E-state index contributed by atoms with van der Waals surface area (Å²) in [5, 5.41) is 8.08. The van der Waals surface area contributed by atoms with E-state index in [-0.39, 0.29) is 24.4 Å². The number of alkyl halides is 3. The molecule has 0 saturated carbocycles. The number of halogens is 4. The number of pyridine rings is 1. The quantitative estimate of drug-likeness (QED) is 0.557. The van der Waals surface area contributed by atoms with Crippen LogP contribution in [0.4, 0.5) is 18.9 Å². The molecule has 2 heterocycles. The van der Waals surface area contributed by atoms with Crippen LogP contribution in [0.15, 0.2) is 41.6 Å². The molecule has 0 saturated heterocycles. The van der Waals surface area contributed by atoms with Crippen LogP contribution in [0.25, 0.3) is 0 Å². The van der Waals surface area contributed by atoms with Crippen molar-refractivity contribution in [2.24, 2.45) is 5.10 Å². The Morgan fingerprint density at radius 1 is 1.30 bits per heavy atom. The van der Waals surface area contributed by atoms with Crippen LogP contribution in [0.3, 0.4) is 0 Å². The van der Waals surface area contributed by atoms with Gasteiger partial charge in [0, 0.05) is 25.9 Å². The molecular weight excluding hydrogens is 463 g/mol. The summed E-state index contributed by atoms with van der Waals surface area (Å²) in [5.74, 6) is -0.601. The third-order valence-corrected chi connectivity index (χ3v) is 5.13. The first-order valence-corrected chi connectivity index (χ1v) is 10.5. The zero-order valence-corrected chi connectivity index (χ0v) is 19.0. The molecule has 178 valence electrons. The molecule has 0 N–H and O–H groups in total. The van der Waals surface area contributed by atoms with Crippen LogP contribution in [0.5, 0.6) is 11.6 Å². The molecule has 8 nitrogen and oxygen atoms in total. The van der Waals surface area contributed by atoms with E-state index in [9.17, 15) is 18.0 Å². The lowest BCUT2D eigenvalue weighted by atomic mass is 10.1. The predicted molar refractivity (Wildman–Crippen MR) is 118 cm³/mol. The Hall–Kier alpha value is -3.05. The van der Waals surface area contributed by atoms with E-state index in [4.69, 9.17) is 16.3 Å². The van der Waals surface area contributed by atoms with E-state index in [0.717, 1.165) is 12.3 Å². The molecule has 1 aliphatic heterocycles. The molecule has 1 amide bonds. The van der Waals surface area contributed by atoms with Crippen LogP contribution in [0, 0.1) is 0 Å². The summed E-state index contributed by atoms with van der Waals surface area (Å²) < 4.78 is 46.2. The van der Waals surface area contributed by atoms with Gasteiger partial charge in [-0.2, -0.15) is 15.2 Å². The van der Waals surface area contributed by atoms with Gasteiger partial charge in [0.05, 0.1) is 29.4 Å². The SMILES string of the molecule is CCN(C(=O)c1cccc(Cl)c1N1N=CCN1C)[C@@H](C)COc1ccc(OC(F)(F)F)cn1. The second kappa shape index (κ2) is 10.3.